The van der Waals surface area contributed by atoms with Crippen molar-refractivity contribution in [2.24, 2.45) is 0 Å². The lowest BCUT2D eigenvalue weighted by atomic mass is 9.97. The van der Waals surface area contributed by atoms with Crippen LogP contribution in [0.25, 0.3) is 0 Å². The molecule has 1 N–H and O–H groups in total. The quantitative estimate of drug-likeness (QED) is 0.929. The summed E-state index contributed by atoms with van der Waals surface area (Å²) in [6, 6.07) is 4.78. The Morgan fingerprint density at radius 3 is 2.53 bits per heavy atom. The minimum Gasteiger partial charge on any atom is -0.392 e. The molecule has 0 radical (unpaired) electrons. The Bertz CT molecular complexity index is 557. The summed E-state index contributed by atoms with van der Waals surface area (Å²) < 4.78 is 24.7. The molecule has 0 unspecified atom stereocenters. The second kappa shape index (κ2) is 6.00. The van der Waals surface area contributed by atoms with Crippen molar-refractivity contribution in [1.29, 1.82) is 0 Å². The molecule has 1 aromatic carbocycles. The van der Waals surface area contributed by atoms with Gasteiger partial charge in [-0.15, -0.1) is 0 Å². The van der Waals surface area contributed by atoms with E-state index in [2.05, 4.69) is 0 Å². The molecule has 2 rings (SSSR count). The van der Waals surface area contributed by atoms with E-state index in [4.69, 9.17) is 23.2 Å². The number of hydrogen-bond acceptors (Lipinski definition) is 3. The van der Waals surface area contributed by atoms with Crippen LogP contribution < -0.4 is 0 Å². The highest BCUT2D eigenvalue weighted by atomic mass is 35.5. The number of sulfone groups is 1. The van der Waals surface area contributed by atoms with Gasteiger partial charge in [-0.05, 0) is 30.5 Å². The molecule has 3 nitrogen and oxygen atoms in total. The molecule has 2 atom stereocenters. The van der Waals surface area contributed by atoms with E-state index >= 15 is 0 Å². The Balaban J connectivity index is 2.20. The van der Waals surface area contributed by atoms with Gasteiger partial charge in [-0.1, -0.05) is 42.1 Å². The molecule has 0 saturated heterocycles. The van der Waals surface area contributed by atoms with Crippen LogP contribution in [-0.4, -0.2) is 24.9 Å². The minimum atomic E-state index is -3.40. The van der Waals surface area contributed by atoms with Crippen molar-refractivity contribution in [1.82, 2.24) is 0 Å². The summed E-state index contributed by atoms with van der Waals surface area (Å²) in [5.74, 6) is -0.148. The normalized spacial score (nSPS) is 24.4. The SMILES string of the molecule is O=S(=O)(Cc1ccc(Cl)cc1Cl)[C@@H]1CCCC[C@H]1O. The van der Waals surface area contributed by atoms with Crippen LogP contribution in [-0.2, 0) is 15.6 Å². The van der Waals surface area contributed by atoms with E-state index in [0.29, 0.717) is 28.5 Å². The Hall–Kier alpha value is -0.290. The first-order valence-electron chi connectivity index (χ1n) is 6.24. The monoisotopic (exact) mass is 322 g/mol. The van der Waals surface area contributed by atoms with Crippen LogP contribution in [0.4, 0.5) is 0 Å². The fraction of sp³-hybridized carbons (Fsp3) is 0.538. The van der Waals surface area contributed by atoms with Crippen LogP contribution in [0, 0.1) is 0 Å². The van der Waals surface area contributed by atoms with Crippen molar-refractivity contribution >= 4 is 33.0 Å². The summed E-state index contributed by atoms with van der Waals surface area (Å²) in [5.41, 5.74) is 0.531. The maximum atomic E-state index is 12.4. The lowest BCUT2D eigenvalue weighted by Crippen LogP contribution is -2.37. The fourth-order valence-corrected chi connectivity index (χ4v) is 5.05. The number of benzene rings is 1. The van der Waals surface area contributed by atoms with Gasteiger partial charge in [0.15, 0.2) is 9.84 Å². The zero-order chi connectivity index (χ0) is 14.0. The number of aliphatic hydroxyl groups excluding tert-OH is 1. The second-order valence-corrected chi connectivity index (χ2v) is 8.00. The van der Waals surface area contributed by atoms with Crippen molar-refractivity contribution in [2.75, 3.05) is 0 Å². The predicted octanol–water partition coefficient (Wildman–Crippen LogP) is 3.21. The Morgan fingerprint density at radius 2 is 1.89 bits per heavy atom. The zero-order valence-electron chi connectivity index (χ0n) is 10.4. The molecule has 1 aromatic rings. The van der Waals surface area contributed by atoms with Crippen molar-refractivity contribution < 1.29 is 13.5 Å². The zero-order valence-corrected chi connectivity index (χ0v) is 12.7. The van der Waals surface area contributed by atoms with Gasteiger partial charge in [0, 0.05) is 10.0 Å². The third kappa shape index (κ3) is 3.63. The van der Waals surface area contributed by atoms with Crippen molar-refractivity contribution in [2.45, 2.75) is 42.8 Å². The van der Waals surface area contributed by atoms with Crippen LogP contribution in [0.5, 0.6) is 0 Å². The molecule has 106 valence electrons. The number of rotatable bonds is 3. The first-order valence-corrected chi connectivity index (χ1v) is 8.71. The van der Waals surface area contributed by atoms with Crippen LogP contribution in [0.2, 0.25) is 10.0 Å². The van der Waals surface area contributed by atoms with E-state index in [9.17, 15) is 13.5 Å². The average Bonchev–Trinajstić information content (AvgIpc) is 2.33. The standard InChI is InChI=1S/C13H16Cl2O3S/c14-10-6-5-9(11(15)7-10)8-19(17,18)13-4-2-1-3-12(13)16/h5-7,12-13,16H,1-4,8H2/t12-,13-/m1/s1. The van der Waals surface area contributed by atoms with Gasteiger partial charge < -0.3 is 5.11 Å². The van der Waals surface area contributed by atoms with E-state index in [1.807, 2.05) is 0 Å². The Kier molecular flexibility index (Phi) is 4.77. The molecular weight excluding hydrogens is 307 g/mol. The molecule has 0 amide bonds. The van der Waals surface area contributed by atoms with Crippen LogP contribution in [0.15, 0.2) is 18.2 Å². The molecule has 0 bridgehead atoms. The third-order valence-electron chi connectivity index (χ3n) is 3.50. The summed E-state index contributed by atoms with van der Waals surface area (Å²) in [7, 11) is -3.40. The average molecular weight is 323 g/mol. The number of halogens is 2. The van der Waals surface area contributed by atoms with E-state index in [1.54, 1.807) is 12.1 Å². The van der Waals surface area contributed by atoms with Gasteiger partial charge in [0.05, 0.1) is 17.1 Å². The number of hydrogen-bond donors (Lipinski definition) is 1. The predicted molar refractivity (Wildman–Crippen MR) is 77.3 cm³/mol. The van der Waals surface area contributed by atoms with E-state index in [0.717, 1.165) is 12.8 Å². The molecule has 1 saturated carbocycles. The summed E-state index contributed by atoms with van der Waals surface area (Å²) in [4.78, 5) is 0. The lowest BCUT2D eigenvalue weighted by molar-refractivity contribution is 0.133. The smallest absolute Gasteiger partial charge is 0.159 e. The molecule has 6 heteroatoms. The van der Waals surface area contributed by atoms with Crippen molar-refractivity contribution in [3.8, 4) is 0 Å². The molecule has 1 aliphatic rings. The topological polar surface area (TPSA) is 54.4 Å². The van der Waals surface area contributed by atoms with E-state index in [1.165, 1.54) is 6.07 Å². The minimum absolute atomic E-state index is 0.148. The molecule has 0 aliphatic heterocycles. The highest BCUT2D eigenvalue weighted by Gasteiger charge is 2.34. The van der Waals surface area contributed by atoms with Crippen LogP contribution >= 0.6 is 23.2 Å². The molecular formula is C13H16Cl2O3S. The molecule has 0 heterocycles. The molecule has 0 aromatic heterocycles. The highest BCUT2D eigenvalue weighted by Crippen LogP contribution is 2.29. The first kappa shape index (κ1) is 15.1. The van der Waals surface area contributed by atoms with Crippen LogP contribution in [0.1, 0.15) is 31.2 Å². The summed E-state index contributed by atoms with van der Waals surface area (Å²) in [6.07, 6.45) is 2.04. The maximum Gasteiger partial charge on any atom is 0.159 e. The lowest BCUT2D eigenvalue weighted by Gasteiger charge is -2.27. The highest BCUT2D eigenvalue weighted by molar-refractivity contribution is 7.91. The molecule has 0 spiro atoms. The molecule has 19 heavy (non-hydrogen) atoms. The Labute approximate surface area is 123 Å². The summed E-state index contributed by atoms with van der Waals surface area (Å²) >= 11 is 11.8. The van der Waals surface area contributed by atoms with Gasteiger partial charge in [-0.3, -0.25) is 0 Å². The van der Waals surface area contributed by atoms with Crippen molar-refractivity contribution in [3.63, 3.8) is 0 Å². The van der Waals surface area contributed by atoms with Gasteiger partial charge in [0.2, 0.25) is 0 Å². The molecule has 1 aliphatic carbocycles. The van der Waals surface area contributed by atoms with Gasteiger partial charge in [0.25, 0.3) is 0 Å². The van der Waals surface area contributed by atoms with Gasteiger partial charge >= 0.3 is 0 Å². The van der Waals surface area contributed by atoms with E-state index in [-0.39, 0.29) is 5.75 Å². The van der Waals surface area contributed by atoms with E-state index < -0.39 is 21.2 Å². The van der Waals surface area contributed by atoms with Gasteiger partial charge in [-0.2, -0.15) is 0 Å². The first-order chi connectivity index (χ1) is 8.90. The Morgan fingerprint density at radius 1 is 1.21 bits per heavy atom. The van der Waals surface area contributed by atoms with Crippen molar-refractivity contribution in [3.05, 3.63) is 33.8 Å². The molecule has 1 fully saturated rings. The van der Waals surface area contributed by atoms with Gasteiger partial charge in [0.1, 0.15) is 0 Å². The second-order valence-electron chi connectivity index (χ2n) is 4.93. The number of aliphatic hydroxyl groups is 1. The maximum absolute atomic E-state index is 12.4. The fourth-order valence-electron chi connectivity index (χ4n) is 2.46. The van der Waals surface area contributed by atoms with Gasteiger partial charge in [-0.25, -0.2) is 8.42 Å². The van der Waals surface area contributed by atoms with Crippen LogP contribution in [0.3, 0.4) is 0 Å². The third-order valence-corrected chi connectivity index (χ3v) is 6.27. The summed E-state index contributed by atoms with van der Waals surface area (Å²) in [5, 5.41) is 10.0. The summed E-state index contributed by atoms with van der Waals surface area (Å²) in [6.45, 7) is 0. The largest absolute Gasteiger partial charge is 0.392 e.